The number of rotatable bonds is 6. The van der Waals surface area contributed by atoms with Crippen molar-refractivity contribution < 1.29 is 9.59 Å². The number of carbonyl (C=O) groups is 2. The predicted molar refractivity (Wildman–Crippen MR) is 125 cm³/mol. The molecule has 4 N–H and O–H groups in total. The minimum Gasteiger partial charge on any atom is -0.382 e. The summed E-state index contributed by atoms with van der Waals surface area (Å²) in [4.78, 5) is 41.2. The Morgan fingerprint density at radius 1 is 1.03 bits per heavy atom. The summed E-state index contributed by atoms with van der Waals surface area (Å²) in [7, 11) is 0. The Bertz CT molecular complexity index is 1360. The van der Waals surface area contributed by atoms with Crippen molar-refractivity contribution >= 4 is 17.5 Å². The number of H-pyrrole nitrogens is 1. The number of aromatic amines is 1. The van der Waals surface area contributed by atoms with E-state index in [-0.39, 0.29) is 29.2 Å². The molecular weight excluding hydrogens is 416 g/mol. The molecule has 2 heterocycles. The maximum Gasteiger partial charge on any atom is 0.251 e. The molecule has 1 fully saturated rings. The van der Waals surface area contributed by atoms with Gasteiger partial charge in [0.15, 0.2) is 5.82 Å². The molecule has 0 spiro atoms. The third-order valence-electron chi connectivity index (χ3n) is 5.64. The zero-order valence-corrected chi connectivity index (χ0v) is 18.0. The topological polar surface area (TPSA) is 127 Å². The molecule has 4 aromatic rings. The second kappa shape index (κ2) is 8.31. The monoisotopic (exact) mass is 438 g/mol. The number of hydrogen-bond donors (Lipinski definition) is 3. The lowest BCUT2D eigenvalue weighted by molar-refractivity contribution is 0.0950. The Labute approximate surface area is 190 Å². The molecule has 2 aromatic carbocycles. The van der Waals surface area contributed by atoms with Gasteiger partial charge in [-0.05, 0) is 49.1 Å². The lowest BCUT2D eigenvalue weighted by Gasteiger charge is -2.07. The Balaban J connectivity index is 1.46. The molecule has 0 unspecified atom stereocenters. The molecule has 0 saturated heterocycles. The summed E-state index contributed by atoms with van der Waals surface area (Å²) < 4.78 is 0. The van der Waals surface area contributed by atoms with E-state index in [1.54, 1.807) is 42.7 Å². The van der Waals surface area contributed by atoms with Gasteiger partial charge >= 0.3 is 0 Å². The molecule has 5 rings (SSSR count). The Morgan fingerprint density at radius 3 is 2.58 bits per heavy atom. The van der Waals surface area contributed by atoms with Crippen molar-refractivity contribution in [2.45, 2.75) is 25.8 Å². The number of ketones is 1. The van der Waals surface area contributed by atoms with Crippen LogP contribution in [0.4, 0.5) is 5.82 Å². The number of hydrogen-bond acceptors (Lipinski definition) is 6. The van der Waals surface area contributed by atoms with E-state index in [9.17, 15) is 9.59 Å². The van der Waals surface area contributed by atoms with Gasteiger partial charge in [-0.3, -0.25) is 9.59 Å². The van der Waals surface area contributed by atoms with Crippen LogP contribution >= 0.6 is 0 Å². The van der Waals surface area contributed by atoms with Crippen LogP contribution in [0.15, 0.2) is 61.2 Å². The van der Waals surface area contributed by atoms with Gasteiger partial charge in [-0.25, -0.2) is 15.0 Å². The van der Waals surface area contributed by atoms with Crippen molar-refractivity contribution in [3.63, 3.8) is 0 Å². The zero-order valence-electron chi connectivity index (χ0n) is 18.0. The molecule has 0 atom stereocenters. The molecule has 164 valence electrons. The second-order valence-corrected chi connectivity index (χ2v) is 8.16. The summed E-state index contributed by atoms with van der Waals surface area (Å²) in [5, 5.41) is 2.99. The molecular formula is C25H22N6O2. The predicted octanol–water partition coefficient (Wildman–Crippen LogP) is 3.55. The van der Waals surface area contributed by atoms with E-state index in [1.807, 2.05) is 19.1 Å². The Morgan fingerprint density at radius 2 is 1.82 bits per heavy atom. The van der Waals surface area contributed by atoms with Crippen molar-refractivity contribution in [2.24, 2.45) is 0 Å². The van der Waals surface area contributed by atoms with Gasteiger partial charge in [0.05, 0.1) is 0 Å². The average Bonchev–Trinajstić information content (AvgIpc) is 3.58. The van der Waals surface area contributed by atoms with E-state index in [0.29, 0.717) is 17.0 Å². The molecule has 1 amide bonds. The normalized spacial score (nSPS) is 13.0. The SMILES string of the molecule is Cc1ccc(C(=O)NC2CC2)cc1-c1nc(N)c(C(=O)c2cccc(-c3cncnc3)c2)[nH]1. The quantitative estimate of drug-likeness (QED) is 0.395. The number of amides is 1. The smallest absolute Gasteiger partial charge is 0.251 e. The molecule has 1 aliphatic carbocycles. The van der Waals surface area contributed by atoms with E-state index in [4.69, 9.17) is 5.73 Å². The summed E-state index contributed by atoms with van der Waals surface area (Å²) in [5.41, 5.74) is 10.6. The highest BCUT2D eigenvalue weighted by molar-refractivity contribution is 6.11. The molecule has 33 heavy (non-hydrogen) atoms. The molecule has 0 aliphatic heterocycles. The van der Waals surface area contributed by atoms with Gasteiger partial charge in [-0.1, -0.05) is 24.3 Å². The van der Waals surface area contributed by atoms with Crippen molar-refractivity contribution in [3.8, 4) is 22.5 Å². The summed E-state index contributed by atoms with van der Waals surface area (Å²) in [6, 6.07) is 12.9. The highest BCUT2D eigenvalue weighted by Crippen LogP contribution is 2.27. The number of aromatic nitrogens is 4. The van der Waals surface area contributed by atoms with Crippen LogP contribution in [0.25, 0.3) is 22.5 Å². The number of nitrogen functional groups attached to an aromatic ring is 1. The van der Waals surface area contributed by atoms with Crippen LogP contribution in [0.1, 0.15) is 44.8 Å². The van der Waals surface area contributed by atoms with E-state index in [1.165, 1.54) is 6.33 Å². The van der Waals surface area contributed by atoms with Crippen LogP contribution in [0.2, 0.25) is 0 Å². The number of imidazole rings is 1. The van der Waals surface area contributed by atoms with Gasteiger partial charge in [0.25, 0.3) is 5.91 Å². The molecule has 0 bridgehead atoms. The number of nitrogens with one attached hydrogen (secondary N) is 2. The fourth-order valence-corrected chi connectivity index (χ4v) is 3.63. The average molecular weight is 438 g/mol. The van der Waals surface area contributed by atoms with E-state index in [0.717, 1.165) is 35.1 Å². The van der Waals surface area contributed by atoms with E-state index >= 15 is 0 Å². The first-order valence-corrected chi connectivity index (χ1v) is 10.7. The van der Waals surface area contributed by atoms with Gasteiger partial charge in [0.2, 0.25) is 5.78 Å². The molecule has 1 saturated carbocycles. The standard InChI is InChI=1S/C25H22N6O2/c1-14-5-6-17(25(33)29-19-7-8-19)10-20(14)24-30-21(23(26)31-24)22(32)16-4-2-3-15(9-16)18-11-27-13-28-12-18/h2-6,9-13,19H,7-8,26H2,1H3,(H,29,33)(H,30,31). The number of carbonyl (C=O) groups excluding carboxylic acids is 2. The summed E-state index contributed by atoms with van der Waals surface area (Å²) >= 11 is 0. The molecule has 0 radical (unpaired) electrons. The second-order valence-electron chi connectivity index (χ2n) is 8.16. The van der Waals surface area contributed by atoms with Gasteiger partial charge in [-0.15, -0.1) is 0 Å². The van der Waals surface area contributed by atoms with Crippen molar-refractivity contribution in [3.05, 3.63) is 83.6 Å². The van der Waals surface area contributed by atoms with Crippen LogP contribution < -0.4 is 11.1 Å². The highest BCUT2D eigenvalue weighted by Gasteiger charge is 2.24. The van der Waals surface area contributed by atoms with Gasteiger partial charge in [-0.2, -0.15) is 0 Å². The van der Waals surface area contributed by atoms with Crippen LogP contribution in [0.3, 0.4) is 0 Å². The van der Waals surface area contributed by atoms with Crippen LogP contribution in [0.5, 0.6) is 0 Å². The molecule has 1 aliphatic rings. The Hall–Kier alpha value is -4.33. The Kier molecular flexibility index (Phi) is 5.18. The van der Waals surface area contributed by atoms with Crippen LogP contribution in [0, 0.1) is 6.92 Å². The first kappa shape index (κ1) is 20.6. The summed E-state index contributed by atoms with van der Waals surface area (Å²) in [5.74, 6) is 0.166. The van der Waals surface area contributed by atoms with Crippen molar-refractivity contribution in [1.82, 2.24) is 25.3 Å². The van der Waals surface area contributed by atoms with Crippen molar-refractivity contribution in [1.29, 1.82) is 0 Å². The maximum atomic E-state index is 13.2. The third kappa shape index (κ3) is 4.23. The van der Waals surface area contributed by atoms with E-state index < -0.39 is 0 Å². The minimum absolute atomic E-state index is 0.107. The van der Waals surface area contributed by atoms with Crippen LogP contribution in [-0.2, 0) is 0 Å². The first-order valence-electron chi connectivity index (χ1n) is 10.7. The number of benzene rings is 2. The number of aryl methyl sites for hydroxylation is 1. The first-order chi connectivity index (χ1) is 16.0. The lowest BCUT2D eigenvalue weighted by Crippen LogP contribution is -2.25. The zero-order chi connectivity index (χ0) is 22.9. The summed E-state index contributed by atoms with van der Waals surface area (Å²) in [6.07, 6.45) is 6.87. The van der Waals surface area contributed by atoms with Gasteiger partial charge < -0.3 is 16.0 Å². The molecule has 2 aromatic heterocycles. The number of nitrogens with zero attached hydrogens (tertiary/aromatic N) is 3. The lowest BCUT2D eigenvalue weighted by atomic mass is 10.0. The third-order valence-corrected chi connectivity index (χ3v) is 5.64. The number of anilines is 1. The molecule has 8 heteroatoms. The molecule has 8 nitrogen and oxygen atoms in total. The summed E-state index contributed by atoms with van der Waals surface area (Å²) in [6.45, 7) is 1.92. The van der Waals surface area contributed by atoms with Gasteiger partial charge in [0.1, 0.15) is 17.8 Å². The fraction of sp³-hybridized carbons (Fsp3) is 0.160. The minimum atomic E-state index is -0.273. The maximum absolute atomic E-state index is 13.2. The van der Waals surface area contributed by atoms with E-state index in [2.05, 4.69) is 25.3 Å². The van der Waals surface area contributed by atoms with Crippen molar-refractivity contribution in [2.75, 3.05) is 5.73 Å². The number of nitrogens with two attached hydrogens (primary N) is 1. The highest BCUT2D eigenvalue weighted by atomic mass is 16.1. The largest absolute Gasteiger partial charge is 0.382 e. The fourth-order valence-electron chi connectivity index (χ4n) is 3.63. The van der Waals surface area contributed by atoms with Crippen LogP contribution in [-0.4, -0.2) is 37.7 Å². The van der Waals surface area contributed by atoms with Gasteiger partial charge in [0, 0.05) is 40.7 Å².